The van der Waals surface area contributed by atoms with Crippen LogP contribution >= 0.6 is 0 Å². The third-order valence-corrected chi connectivity index (χ3v) is 6.27. The molecule has 1 amide bonds. The first kappa shape index (κ1) is 23.4. The number of carbonyl (C=O) groups excluding carboxylic acids is 1. The van der Waals surface area contributed by atoms with Crippen LogP contribution in [0.15, 0.2) is 6.33 Å². The van der Waals surface area contributed by atoms with Crippen molar-refractivity contribution in [3.8, 4) is 11.8 Å². The van der Waals surface area contributed by atoms with Gasteiger partial charge in [-0.1, -0.05) is 11.8 Å². The highest BCUT2D eigenvalue weighted by molar-refractivity contribution is 5.83. The van der Waals surface area contributed by atoms with Gasteiger partial charge in [0.15, 0.2) is 23.8 Å². The van der Waals surface area contributed by atoms with Crippen molar-refractivity contribution in [1.82, 2.24) is 24.8 Å². The highest BCUT2D eigenvalue weighted by Gasteiger charge is 2.47. The fraction of sp³-hybridized carbons (Fsp3) is 0.636. The van der Waals surface area contributed by atoms with Crippen LogP contribution in [0, 0.1) is 23.7 Å². The van der Waals surface area contributed by atoms with Crippen molar-refractivity contribution >= 4 is 22.9 Å². The molecule has 0 unspecified atom stereocenters. The molecule has 2 aromatic rings. The van der Waals surface area contributed by atoms with Gasteiger partial charge in [0.05, 0.1) is 12.7 Å². The van der Waals surface area contributed by atoms with E-state index in [2.05, 4.69) is 32.1 Å². The Morgan fingerprint density at radius 3 is 2.73 bits per heavy atom. The second kappa shape index (κ2) is 10.0. The molecule has 11 heteroatoms. The molecule has 0 aromatic carbocycles. The molecular formula is C22H30N6O5. The fourth-order valence-electron chi connectivity index (χ4n) is 4.40. The van der Waals surface area contributed by atoms with Crippen molar-refractivity contribution in [1.29, 1.82) is 0 Å². The number of nitrogen functional groups attached to an aromatic ring is 1. The van der Waals surface area contributed by atoms with E-state index in [9.17, 15) is 20.1 Å². The molecule has 1 saturated carbocycles. The van der Waals surface area contributed by atoms with Crippen molar-refractivity contribution in [2.45, 2.75) is 63.6 Å². The Labute approximate surface area is 191 Å². The van der Waals surface area contributed by atoms with Crippen LogP contribution in [0.4, 0.5) is 5.82 Å². The Bertz CT molecular complexity index is 1050. The Balaban J connectivity index is 1.52. The number of fused-ring (bicyclic) bond motifs is 1. The number of nitrogens with one attached hydrogen (secondary N) is 1. The quantitative estimate of drug-likeness (QED) is 0.371. The predicted octanol–water partition coefficient (Wildman–Crippen LogP) is -0.492. The van der Waals surface area contributed by atoms with Gasteiger partial charge in [-0.25, -0.2) is 15.0 Å². The minimum Gasteiger partial charge on any atom is -0.396 e. The van der Waals surface area contributed by atoms with E-state index in [1.807, 2.05) is 0 Å². The number of aliphatic hydroxyl groups excluding tert-OH is 3. The number of amides is 1. The number of likely N-dealkylation sites (N-methyl/N-ethyl adjacent to an activating group) is 1. The van der Waals surface area contributed by atoms with Gasteiger partial charge in [-0.15, -0.1) is 0 Å². The third-order valence-electron chi connectivity index (χ3n) is 6.27. The highest BCUT2D eigenvalue weighted by Crippen LogP contribution is 2.32. The average molecular weight is 459 g/mol. The molecule has 1 aliphatic heterocycles. The number of carbonyl (C=O) groups is 1. The molecule has 4 atom stereocenters. The summed E-state index contributed by atoms with van der Waals surface area (Å²) >= 11 is 0. The van der Waals surface area contributed by atoms with E-state index in [1.165, 1.54) is 10.9 Å². The normalized spacial score (nSPS) is 29.6. The van der Waals surface area contributed by atoms with Gasteiger partial charge >= 0.3 is 0 Å². The lowest BCUT2D eigenvalue weighted by Crippen LogP contribution is -2.42. The minimum absolute atomic E-state index is 0.173. The lowest BCUT2D eigenvalue weighted by molar-refractivity contribution is -0.137. The van der Waals surface area contributed by atoms with Crippen LogP contribution in [0.25, 0.3) is 11.2 Å². The lowest BCUT2D eigenvalue weighted by Gasteiger charge is -2.23. The van der Waals surface area contributed by atoms with Crippen molar-refractivity contribution in [2.75, 3.05) is 18.9 Å². The van der Waals surface area contributed by atoms with E-state index in [-0.39, 0.29) is 12.4 Å². The summed E-state index contributed by atoms with van der Waals surface area (Å²) in [6, 6.07) is 0. The Morgan fingerprint density at radius 2 is 2.03 bits per heavy atom. The van der Waals surface area contributed by atoms with Crippen molar-refractivity contribution in [2.24, 2.45) is 11.8 Å². The molecule has 6 N–H and O–H groups in total. The number of hydrogen-bond acceptors (Lipinski definition) is 9. The average Bonchev–Trinajstić information content (AvgIpc) is 3.36. The first-order valence-electron chi connectivity index (χ1n) is 11.3. The molecule has 0 spiro atoms. The standard InChI is InChI=1S/C22H30N6O5/c1-2-24-21(32)18-16(30)17(31)22(33-18)28-11-25-15-19(23)26-14(27-20(15)28)5-3-4-12-6-8-13(10-29)9-7-12/h11-13,16-18,22,29-31H,2,5-10H2,1H3,(H,24,32)(H2,23,26,27)/t12?,13?,16-,17+,18-,22+/m0/s1. The predicted molar refractivity (Wildman–Crippen MR) is 118 cm³/mol. The van der Waals surface area contributed by atoms with Crippen molar-refractivity contribution in [3.63, 3.8) is 0 Å². The Hall–Kier alpha value is -2.78. The molecule has 1 aliphatic carbocycles. The molecular weight excluding hydrogens is 428 g/mol. The van der Waals surface area contributed by atoms with E-state index in [4.69, 9.17) is 10.5 Å². The maximum absolute atomic E-state index is 12.2. The van der Waals surface area contributed by atoms with Gasteiger partial charge in [0.25, 0.3) is 5.91 Å². The molecule has 2 aliphatic rings. The van der Waals surface area contributed by atoms with Crippen LogP contribution in [0.2, 0.25) is 0 Å². The van der Waals surface area contributed by atoms with Gasteiger partial charge in [0.1, 0.15) is 23.5 Å². The SMILES string of the molecule is CCNC(=O)[C@H]1O[C@@H](n2cnc3c(N)nc(CC#CC4CCC(CO)CC4)nc32)[C@H](O)[C@@H]1O. The van der Waals surface area contributed by atoms with Gasteiger partial charge in [-0.05, 0) is 38.5 Å². The number of anilines is 1. The fourth-order valence-corrected chi connectivity index (χ4v) is 4.40. The van der Waals surface area contributed by atoms with E-state index in [0.717, 1.165) is 25.7 Å². The summed E-state index contributed by atoms with van der Waals surface area (Å²) in [7, 11) is 0. The highest BCUT2D eigenvalue weighted by atomic mass is 16.6. The molecule has 0 bridgehead atoms. The monoisotopic (exact) mass is 458 g/mol. The van der Waals surface area contributed by atoms with Crippen molar-refractivity contribution in [3.05, 3.63) is 12.2 Å². The number of aliphatic hydroxyl groups is 3. The van der Waals surface area contributed by atoms with Gasteiger partial charge < -0.3 is 31.1 Å². The van der Waals surface area contributed by atoms with E-state index in [1.54, 1.807) is 6.92 Å². The molecule has 2 fully saturated rings. The summed E-state index contributed by atoms with van der Waals surface area (Å²) in [5.41, 5.74) is 6.74. The number of imidazole rings is 1. The summed E-state index contributed by atoms with van der Waals surface area (Å²) < 4.78 is 7.13. The summed E-state index contributed by atoms with van der Waals surface area (Å²) in [4.78, 5) is 25.2. The van der Waals surface area contributed by atoms with Gasteiger partial charge in [0, 0.05) is 19.1 Å². The van der Waals surface area contributed by atoms with Crippen LogP contribution < -0.4 is 11.1 Å². The third kappa shape index (κ3) is 4.79. The van der Waals surface area contributed by atoms with Crippen LogP contribution in [-0.4, -0.2) is 72.2 Å². The second-order valence-electron chi connectivity index (χ2n) is 8.57. The molecule has 33 heavy (non-hydrogen) atoms. The minimum atomic E-state index is -1.40. The zero-order chi connectivity index (χ0) is 23.5. The van der Waals surface area contributed by atoms with Crippen LogP contribution in [0.5, 0.6) is 0 Å². The molecule has 4 rings (SSSR count). The number of nitrogens with zero attached hydrogens (tertiary/aromatic N) is 4. The van der Waals surface area contributed by atoms with Crippen molar-refractivity contribution < 1.29 is 24.9 Å². The number of ether oxygens (including phenoxy) is 1. The largest absolute Gasteiger partial charge is 0.396 e. The summed E-state index contributed by atoms with van der Waals surface area (Å²) in [6.45, 7) is 2.36. The molecule has 1 saturated heterocycles. The number of aromatic nitrogens is 4. The first-order chi connectivity index (χ1) is 15.9. The smallest absolute Gasteiger partial charge is 0.252 e. The van der Waals surface area contributed by atoms with Crippen LogP contribution in [0.1, 0.15) is 44.7 Å². The van der Waals surface area contributed by atoms with E-state index >= 15 is 0 Å². The maximum atomic E-state index is 12.2. The second-order valence-corrected chi connectivity index (χ2v) is 8.57. The van der Waals surface area contributed by atoms with Gasteiger partial charge in [-0.3, -0.25) is 9.36 Å². The molecule has 178 valence electrons. The topological polar surface area (TPSA) is 169 Å². The molecule has 3 heterocycles. The Morgan fingerprint density at radius 1 is 1.27 bits per heavy atom. The summed E-state index contributed by atoms with van der Waals surface area (Å²) in [6.07, 6.45) is 0.565. The molecule has 11 nitrogen and oxygen atoms in total. The molecule has 0 radical (unpaired) electrons. The van der Waals surface area contributed by atoms with Crippen LogP contribution in [0.3, 0.4) is 0 Å². The first-order valence-corrected chi connectivity index (χ1v) is 11.3. The lowest BCUT2D eigenvalue weighted by atomic mass is 9.83. The summed E-state index contributed by atoms with van der Waals surface area (Å²) in [5.74, 6) is 7.16. The number of rotatable bonds is 5. The zero-order valence-corrected chi connectivity index (χ0v) is 18.5. The number of nitrogens with two attached hydrogens (primary N) is 1. The number of hydrogen-bond donors (Lipinski definition) is 5. The maximum Gasteiger partial charge on any atom is 0.252 e. The van der Waals surface area contributed by atoms with Gasteiger partial charge in [-0.2, -0.15) is 0 Å². The molecule has 2 aromatic heterocycles. The zero-order valence-electron chi connectivity index (χ0n) is 18.5. The van der Waals surface area contributed by atoms with E-state index < -0.39 is 30.4 Å². The van der Waals surface area contributed by atoms with E-state index in [0.29, 0.717) is 41.8 Å². The van der Waals surface area contributed by atoms with Crippen LogP contribution in [-0.2, 0) is 16.0 Å². The van der Waals surface area contributed by atoms with Gasteiger partial charge in [0.2, 0.25) is 0 Å². The Kier molecular flexibility index (Phi) is 7.09. The summed E-state index contributed by atoms with van der Waals surface area (Å²) in [5, 5.41) is 32.7.